The van der Waals surface area contributed by atoms with Crippen molar-refractivity contribution >= 4 is 18.1 Å². The zero-order valence-electron chi connectivity index (χ0n) is 15.9. The van der Waals surface area contributed by atoms with Gasteiger partial charge in [-0.15, -0.1) is 12.4 Å². The van der Waals surface area contributed by atoms with Crippen molar-refractivity contribution in [2.24, 2.45) is 0 Å². The van der Waals surface area contributed by atoms with Gasteiger partial charge in [0.15, 0.2) is 5.82 Å². The van der Waals surface area contributed by atoms with E-state index < -0.39 is 0 Å². The highest BCUT2D eigenvalue weighted by atomic mass is 35.5. The lowest BCUT2D eigenvalue weighted by Gasteiger charge is -2.30. The number of rotatable bonds is 6. The molecule has 1 atom stereocenters. The van der Waals surface area contributed by atoms with E-state index in [0.29, 0.717) is 12.4 Å². The van der Waals surface area contributed by atoms with E-state index >= 15 is 0 Å². The van der Waals surface area contributed by atoms with Crippen LogP contribution in [0.5, 0.6) is 0 Å². The van der Waals surface area contributed by atoms with Gasteiger partial charge in [-0.1, -0.05) is 29.4 Å². The number of nitrogens with one attached hydrogen (secondary N) is 1. The maximum Gasteiger partial charge on any atom is 0.246 e. The van der Waals surface area contributed by atoms with Crippen molar-refractivity contribution in [1.29, 1.82) is 0 Å². The number of nitrogens with zero attached hydrogens (tertiary/aromatic N) is 5. The molecule has 1 saturated heterocycles. The predicted octanol–water partition coefficient (Wildman–Crippen LogP) is 2.67. The Bertz CT molecular complexity index is 844. The SMILES string of the molecule is CN1CCNCC1c1noc(CN(Cc2cccnc2)c2ccccc2)n1.Cl. The third-order valence-electron chi connectivity index (χ3n) is 4.84. The molecule has 148 valence electrons. The van der Waals surface area contributed by atoms with Gasteiger partial charge in [-0.05, 0) is 30.8 Å². The van der Waals surface area contributed by atoms with E-state index in [4.69, 9.17) is 4.52 Å². The number of para-hydroxylation sites is 1. The fourth-order valence-corrected chi connectivity index (χ4v) is 3.31. The summed E-state index contributed by atoms with van der Waals surface area (Å²) in [4.78, 5) is 13.4. The van der Waals surface area contributed by atoms with E-state index in [1.165, 1.54) is 0 Å². The van der Waals surface area contributed by atoms with Crippen molar-refractivity contribution in [3.63, 3.8) is 0 Å². The Hall–Kier alpha value is -2.48. The molecule has 3 aromatic rings. The fraction of sp³-hybridized carbons (Fsp3) is 0.350. The average Bonchev–Trinajstić information content (AvgIpc) is 3.18. The molecule has 7 nitrogen and oxygen atoms in total. The minimum absolute atomic E-state index is 0. The van der Waals surface area contributed by atoms with Crippen LogP contribution < -0.4 is 10.2 Å². The summed E-state index contributed by atoms with van der Waals surface area (Å²) in [6.07, 6.45) is 3.67. The quantitative estimate of drug-likeness (QED) is 0.682. The molecule has 28 heavy (non-hydrogen) atoms. The molecule has 0 saturated carbocycles. The highest BCUT2D eigenvalue weighted by molar-refractivity contribution is 5.85. The third-order valence-corrected chi connectivity index (χ3v) is 4.84. The van der Waals surface area contributed by atoms with E-state index in [1.54, 1.807) is 6.20 Å². The topological polar surface area (TPSA) is 70.3 Å². The molecule has 8 heteroatoms. The summed E-state index contributed by atoms with van der Waals surface area (Å²) >= 11 is 0. The molecule has 4 rings (SSSR count). The molecule has 2 aromatic heterocycles. The van der Waals surface area contributed by atoms with Gasteiger partial charge in [0, 0.05) is 44.3 Å². The summed E-state index contributed by atoms with van der Waals surface area (Å²) in [5, 5.41) is 7.63. The minimum Gasteiger partial charge on any atom is -0.358 e. The summed E-state index contributed by atoms with van der Waals surface area (Å²) in [6, 6.07) is 14.4. The molecule has 1 N–H and O–H groups in total. The molecule has 1 aliphatic heterocycles. The van der Waals surface area contributed by atoms with Crippen LogP contribution >= 0.6 is 12.4 Å². The van der Waals surface area contributed by atoms with E-state index in [2.05, 4.69) is 55.5 Å². The number of aromatic nitrogens is 3. The second kappa shape index (κ2) is 9.64. The largest absolute Gasteiger partial charge is 0.358 e. The van der Waals surface area contributed by atoms with Gasteiger partial charge < -0.3 is 14.7 Å². The highest BCUT2D eigenvalue weighted by Crippen LogP contribution is 2.21. The van der Waals surface area contributed by atoms with Gasteiger partial charge in [0.1, 0.15) is 0 Å². The molecule has 1 aliphatic rings. The predicted molar refractivity (Wildman–Crippen MR) is 110 cm³/mol. The summed E-state index contributed by atoms with van der Waals surface area (Å²) in [6.45, 7) is 4.08. The van der Waals surface area contributed by atoms with Gasteiger partial charge in [-0.3, -0.25) is 9.88 Å². The van der Waals surface area contributed by atoms with Crippen LogP contribution in [0.4, 0.5) is 5.69 Å². The van der Waals surface area contributed by atoms with Crippen molar-refractivity contribution in [1.82, 2.24) is 25.3 Å². The maximum absolute atomic E-state index is 5.58. The number of halogens is 1. The molecule has 0 amide bonds. The fourth-order valence-electron chi connectivity index (χ4n) is 3.31. The second-order valence-corrected chi connectivity index (χ2v) is 6.80. The monoisotopic (exact) mass is 400 g/mol. The molecular weight excluding hydrogens is 376 g/mol. The van der Waals surface area contributed by atoms with E-state index in [0.717, 1.165) is 43.3 Å². The van der Waals surface area contributed by atoms with Gasteiger partial charge in [0.05, 0.1) is 12.6 Å². The van der Waals surface area contributed by atoms with Gasteiger partial charge in [0.25, 0.3) is 0 Å². The number of anilines is 1. The first-order valence-corrected chi connectivity index (χ1v) is 9.22. The number of hydrogen-bond acceptors (Lipinski definition) is 7. The zero-order valence-corrected chi connectivity index (χ0v) is 16.7. The molecule has 1 aromatic carbocycles. The van der Waals surface area contributed by atoms with Gasteiger partial charge in [-0.2, -0.15) is 4.98 Å². The van der Waals surface area contributed by atoms with Gasteiger partial charge in [0.2, 0.25) is 5.89 Å². The standard InChI is InChI=1S/C20H24N6O.ClH/c1-25-11-10-22-13-18(25)20-23-19(27-24-20)15-26(17-7-3-2-4-8-17)14-16-6-5-9-21-12-16;/h2-9,12,18,22H,10-11,13-15H2,1H3;1H. The highest BCUT2D eigenvalue weighted by Gasteiger charge is 2.25. The van der Waals surface area contributed by atoms with E-state index in [-0.39, 0.29) is 18.4 Å². The first kappa shape index (κ1) is 20.3. The van der Waals surface area contributed by atoms with Crippen molar-refractivity contribution in [3.8, 4) is 0 Å². The Balaban J connectivity index is 0.00000225. The zero-order chi connectivity index (χ0) is 18.5. The van der Waals surface area contributed by atoms with Crippen LogP contribution in [0.25, 0.3) is 0 Å². The Kier molecular flexibility index (Phi) is 6.97. The maximum atomic E-state index is 5.58. The average molecular weight is 401 g/mol. The second-order valence-electron chi connectivity index (χ2n) is 6.80. The van der Waals surface area contributed by atoms with Crippen LogP contribution in [-0.2, 0) is 13.1 Å². The molecule has 0 spiro atoms. The Morgan fingerprint density at radius 3 is 2.79 bits per heavy atom. The lowest BCUT2D eigenvalue weighted by atomic mass is 10.2. The Morgan fingerprint density at radius 2 is 2.04 bits per heavy atom. The number of hydrogen-bond donors (Lipinski definition) is 1. The van der Waals surface area contributed by atoms with Crippen LogP contribution in [0.2, 0.25) is 0 Å². The molecule has 3 heterocycles. The minimum atomic E-state index is 0. The Morgan fingerprint density at radius 1 is 1.18 bits per heavy atom. The van der Waals surface area contributed by atoms with Crippen LogP contribution in [-0.4, -0.2) is 46.7 Å². The first-order valence-electron chi connectivity index (χ1n) is 9.22. The number of piperazine rings is 1. The van der Waals surface area contributed by atoms with E-state index in [1.807, 2.05) is 30.5 Å². The van der Waals surface area contributed by atoms with Crippen LogP contribution in [0.15, 0.2) is 59.4 Å². The number of likely N-dealkylation sites (N-methyl/N-ethyl adjacent to an activating group) is 1. The molecule has 1 unspecified atom stereocenters. The Labute approximate surface area is 171 Å². The lowest BCUT2D eigenvalue weighted by molar-refractivity contribution is 0.190. The molecule has 0 bridgehead atoms. The first-order chi connectivity index (χ1) is 13.3. The summed E-state index contributed by atoms with van der Waals surface area (Å²) in [5.41, 5.74) is 2.25. The number of benzene rings is 1. The molecule has 0 aliphatic carbocycles. The van der Waals surface area contributed by atoms with Crippen LogP contribution in [0.1, 0.15) is 23.3 Å². The van der Waals surface area contributed by atoms with Crippen molar-refractivity contribution < 1.29 is 4.52 Å². The van der Waals surface area contributed by atoms with Crippen LogP contribution in [0.3, 0.4) is 0 Å². The van der Waals surface area contributed by atoms with Gasteiger partial charge >= 0.3 is 0 Å². The van der Waals surface area contributed by atoms with Gasteiger partial charge in [-0.25, -0.2) is 0 Å². The molecular formula is C20H25ClN6O. The third kappa shape index (κ3) is 4.86. The van der Waals surface area contributed by atoms with Crippen molar-refractivity contribution in [3.05, 3.63) is 72.1 Å². The van der Waals surface area contributed by atoms with Crippen molar-refractivity contribution in [2.75, 3.05) is 31.6 Å². The number of pyridine rings is 1. The summed E-state index contributed by atoms with van der Waals surface area (Å²) in [5.74, 6) is 1.37. The lowest BCUT2D eigenvalue weighted by Crippen LogP contribution is -2.44. The smallest absolute Gasteiger partial charge is 0.246 e. The summed E-state index contributed by atoms with van der Waals surface area (Å²) < 4.78 is 5.58. The summed E-state index contributed by atoms with van der Waals surface area (Å²) in [7, 11) is 2.10. The van der Waals surface area contributed by atoms with E-state index in [9.17, 15) is 0 Å². The van der Waals surface area contributed by atoms with Crippen molar-refractivity contribution in [2.45, 2.75) is 19.1 Å². The molecule has 1 fully saturated rings. The molecule has 0 radical (unpaired) electrons. The van der Waals surface area contributed by atoms with Crippen LogP contribution in [0, 0.1) is 0 Å². The normalized spacial score (nSPS) is 17.1.